The van der Waals surface area contributed by atoms with Crippen LogP contribution in [-0.4, -0.2) is 30.1 Å². The highest BCUT2D eigenvalue weighted by Crippen LogP contribution is 2.18. The van der Waals surface area contributed by atoms with Crippen LogP contribution >= 0.6 is 0 Å². The number of hydrogen-bond acceptors (Lipinski definition) is 3. The molecule has 0 saturated heterocycles. The molecule has 0 amide bonds. The predicted molar refractivity (Wildman–Crippen MR) is 82.3 cm³/mol. The number of benzene rings is 1. The maximum atomic E-state index is 11.6. The molecule has 0 fully saturated rings. The van der Waals surface area contributed by atoms with Crippen LogP contribution in [0.3, 0.4) is 0 Å². The molecule has 0 spiro atoms. The molecule has 2 atom stereocenters. The lowest BCUT2D eigenvalue weighted by Gasteiger charge is -2.33. The van der Waals surface area contributed by atoms with E-state index in [0.29, 0.717) is 5.57 Å². The summed E-state index contributed by atoms with van der Waals surface area (Å²) < 4.78 is 4.76. The molecule has 0 aromatic heterocycles. The van der Waals surface area contributed by atoms with Gasteiger partial charge in [-0.3, -0.25) is 4.90 Å². The third-order valence-corrected chi connectivity index (χ3v) is 3.52. The first-order valence-corrected chi connectivity index (χ1v) is 6.70. The minimum absolute atomic E-state index is 0.115. The van der Waals surface area contributed by atoms with Crippen LogP contribution in [0.2, 0.25) is 0 Å². The largest absolute Gasteiger partial charge is 0.466 e. The Labute approximate surface area is 121 Å². The fraction of sp³-hybridized carbons (Fsp3) is 0.353. The first kappa shape index (κ1) is 16.2. The fourth-order valence-electron chi connectivity index (χ4n) is 2.07. The van der Waals surface area contributed by atoms with Crippen molar-refractivity contribution in [2.75, 3.05) is 7.11 Å². The molecule has 108 valence electrons. The molecule has 1 aromatic carbocycles. The molecule has 1 rings (SSSR count). The second kappa shape index (κ2) is 7.65. The van der Waals surface area contributed by atoms with Crippen LogP contribution in [0.4, 0.5) is 0 Å². The molecular formula is C17H23NO2. The fourth-order valence-corrected chi connectivity index (χ4v) is 2.07. The molecule has 0 saturated carbocycles. The SMILES string of the molecule is C=CC(C)N(Cc1ccccc1)C(C)C(=C)C(=O)OC. The number of carbonyl (C=O) groups is 1. The predicted octanol–water partition coefficient (Wildman–Crippen LogP) is 3.18. The van der Waals surface area contributed by atoms with Gasteiger partial charge in [-0.05, 0) is 19.4 Å². The van der Waals surface area contributed by atoms with Crippen molar-refractivity contribution in [2.45, 2.75) is 32.5 Å². The van der Waals surface area contributed by atoms with E-state index in [1.165, 1.54) is 12.7 Å². The number of methoxy groups -OCH3 is 1. The number of ether oxygens (including phenoxy) is 1. The van der Waals surface area contributed by atoms with Gasteiger partial charge in [0.25, 0.3) is 0 Å². The Hall–Kier alpha value is -1.87. The van der Waals surface area contributed by atoms with Crippen LogP contribution < -0.4 is 0 Å². The van der Waals surface area contributed by atoms with Crippen molar-refractivity contribution in [3.63, 3.8) is 0 Å². The molecule has 1 aromatic rings. The van der Waals surface area contributed by atoms with Crippen LogP contribution in [0.15, 0.2) is 55.1 Å². The Kier molecular flexibility index (Phi) is 6.19. The number of esters is 1. The van der Waals surface area contributed by atoms with E-state index in [2.05, 4.69) is 37.1 Å². The topological polar surface area (TPSA) is 29.5 Å². The third-order valence-electron chi connectivity index (χ3n) is 3.52. The molecule has 20 heavy (non-hydrogen) atoms. The first-order chi connectivity index (χ1) is 9.51. The van der Waals surface area contributed by atoms with Gasteiger partial charge in [0.1, 0.15) is 0 Å². The van der Waals surface area contributed by atoms with E-state index in [1.807, 2.05) is 31.2 Å². The highest BCUT2D eigenvalue weighted by atomic mass is 16.5. The quantitative estimate of drug-likeness (QED) is 0.434. The molecule has 0 aliphatic rings. The molecule has 0 bridgehead atoms. The minimum atomic E-state index is -0.369. The summed E-state index contributed by atoms with van der Waals surface area (Å²) in [6.45, 7) is 12.4. The zero-order valence-corrected chi connectivity index (χ0v) is 12.5. The van der Waals surface area contributed by atoms with Crippen molar-refractivity contribution in [3.05, 3.63) is 60.7 Å². The summed E-state index contributed by atoms with van der Waals surface area (Å²) in [5, 5.41) is 0. The standard InChI is InChI=1S/C17H23NO2/c1-6-13(2)18(12-16-10-8-7-9-11-16)15(4)14(3)17(19)20-5/h6-11,13,15H,1,3,12H2,2,4-5H3. The second-order valence-electron chi connectivity index (χ2n) is 4.83. The van der Waals surface area contributed by atoms with Gasteiger partial charge < -0.3 is 4.74 Å². The summed E-state index contributed by atoms with van der Waals surface area (Å²) in [5.74, 6) is -0.369. The normalized spacial score (nSPS) is 13.6. The van der Waals surface area contributed by atoms with Gasteiger partial charge in [-0.15, -0.1) is 6.58 Å². The summed E-state index contributed by atoms with van der Waals surface area (Å²) in [5.41, 5.74) is 1.64. The van der Waals surface area contributed by atoms with E-state index >= 15 is 0 Å². The number of nitrogens with zero attached hydrogens (tertiary/aromatic N) is 1. The number of carbonyl (C=O) groups excluding carboxylic acids is 1. The average Bonchev–Trinajstić information content (AvgIpc) is 2.50. The number of hydrogen-bond donors (Lipinski definition) is 0. The lowest BCUT2D eigenvalue weighted by molar-refractivity contribution is -0.136. The van der Waals surface area contributed by atoms with Gasteiger partial charge in [-0.2, -0.15) is 0 Å². The maximum Gasteiger partial charge on any atom is 0.334 e. The monoisotopic (exact) mass is 273 g/mol. The Morgan fingerprint density at radius 1 is 1.35 bits per heavy atom. The third kappa shape index (κ3) is 4.07. The summed E-state index contributed by atoms with van der Waals surface area (Å²) in [7, 11) is 1.37. The highest BCUT2D eigenvalue weighted by molar-refractivity contribution is 5.88. The summed E-state index contributed by atoms with van der Waals surface area (Å²) in [4.78, 5) is 13.8. The molecular weight excluding hydrogens is 250 g/mol. The summed E-state index contributed by atoms with van der Waals surface area (Å²) in [6.07, 6.45) is 1.87. The molecule has 0 aliphatic heterocycles. The molecule has 0 heterocycles. The van der Waals surface area contributed by atoms with Gasteiger partial charge in [0, 0.05) is 24.2 Å². The zero-order chi connectivity index (χ0) is 15.1. The van der Waals surface area contributed by atoms with Crippen LogP contribution in [0.5, 0.6) is 0 Å². The van der Waals surface area contributed by atoms with E-state index in [9.17, 15) is 4.79 Å². The van der Waals surface area contributed by atoms with Gasteiger partial charge in [0.2, 0.25) is 0 Å². The van der Waals surface area contributed by atoms with Crippen LogP contribution in [-0.2, 0) is 16.1 Å². The Bertz CT molecular complexity index is 467. The van der Waals surface area contributed by atoms with Gasteiger partial charge in [0.15, 0.2) is 0 Å². The Balaban J connectivity index is 2.92. The zero-order valence-electron chi connectivity index (χ0n) is 12.5. The van der Waals surface area contributed by atoms with Crippen molar-refractivity contribution < 1.29 is 9.53 Å². The molecule has 3 heteroatoms. The van der Waals surface area contributed by atoms with Crippen LogP contribution in [0.1, 0.15) is 19.4 Å². The van der Waals surface area contributed by atoms with Crippen molar-refractivity contribution in [1.82, 2.24) is 4.90 Å². The second-order valence-corrected chi connectivity index (χ2v) is 4.83. The molecule has 0 aliphatic carbocycles. The lowest BCUT2D eigenvalue weighted by Crippen LogP contribution is -2.41. The van der Waals surface area contributed by atoms with Crippen LogP contribution in [0, 0.1) is 0 Å². The summed E-state index contributed by atoms with van der Waals surface area (Å²) in [6, 6.07) is 10.1. The van der Waals surface area contributed by atoms with Gasteiger partial charge in [-0.1, -0.05) is 43.0 Å². The van der Waals surface area contributed by atoms with Crippen molar-refractivity contribution in [3.8, 4) is 0 Å². The van der Waals surface area contributed by atoms with Crippen molar-refractivity contribution in [2.24, 2.45) is 0 Å². The minimum Gasteiger partial charge on any atom is -0.466 e. The maximum absolute atomic E-state index is 11.6. The van der Waals surface area contributed by atoms with Gasteiger partial charge in [-0.25, -0.2) is 4.79 Å². The molecule has 0 N–H and O–H groups in total. The van der Waals surface area contributed by atoms with E-state index in [0.717, 1.165) is 6.54 Å². The smallest absolute Gasteiger partial charge is 0.334 e. The van der Waals surface area contributed by atoms with Crippen molar-refractivity contribution >= 4 is 5.97 Å². The summed E-state index contributed by atoms with van der Waals surface area (Å²) >= 11 is 0. The van der Waals surface area contributed by atoms with E-state index in [-0.39, 0.29) is 18.1 Å². The van der Waals surface area contributed by atoms with Gasteiger partial charge >= 0.3 is 5.97 Å². The van der Waals surface area contributed by atoms with E-state index in [1.54, 1.807) is 0 Å². The molecule has 0 radical (unpaired) electrons. The van der Waals surface area contributed by atoms with E-state index < -0.39 is 0 Å². The average molecular weight is 273 g/mol. The van der Waals surface area contributed by atoms with Crippen molar-refractivity contribution in [1.29, 1.82) is 0 Å². The highest BCUT2D eigenvalue weighted by Gasteiger charge is 2.24. The van der Waals surface area contributed by atoms with Gasteiger partial charge in [0.05, 0.1) is 7.11 Å². The lowest BCUT2D eigenvalue weighted by atomic mass is 10.1. The van der Waals surface area contributed by atoms with E-state index in [4.69, 9.17) is 4.74 Å². The molecule has 2 unspecified atom stereocenters. The first-order valence-electron chi connectivity index (χ1n) is 6.70. The Morgan fingerprint density at radius 3 is 2.45 bits per heavy atom. The molecule has 3 nitrogen and oxygen atoms in total. The number of rotatable bonds is 7. The Morgan fingerprint density at radius 2 is 1.95 bits per heavy atom. The van der Waals surface area contributed by atoms with Crippen LogP contribution in [0.25, 0.3) is 0 Å².